The number of allylic oxidation sites excluding steroid dienone is 2. The first-order valence-corrected chi connectivity index (χ1v) is 14.5. The molecule has 1 aromatic carbocycles. The Kier molecular flexibility index (Phi) is 11.7. The molecule has 1 N–H and O–H groups in total. The third-order valence-electron chi connectivity index (χ3n) is 6.62. The van der Waals surface area contributed by atoms with E-state index in [0.717, 1.165) is 60.4 Å². The molecule has 0 spiro atoms. The van der Waals surface area contributed by atoms with Crippen molar-refractivity contribution in [1.82, 2.24) is 10.3 Å². The lowest BCUT2D eigenvalue weighted by Gasteiger charge is -2.12. The maximum absolute atomic E-state index is 13.7. The largest absolute Gasteiger partial charge is 0.497 e. The Labute approximate surface area is 236 Å². The highest BCUT2D eigenvalue weighted by molar-refractivity contribution is 7.08. The minimum absolute atomic E-state index is 0.0513. The maximum Gasteiger partial charge on any atom is 0.195 e. The monoisotopic (exact) mass is 544 g/mol. The van der Waals surface area contributed by atoms with E-state index in [1.807, 2.05) is 62.7 Å². The lowest BCUT2D eigenvalue weighted by atomic mass is 10.0. The number of hydrogen-bond acceptors (Lipinski definition) is 6. The van der Waals surface area contributed by atoms with Crippen LogP contribution in [0.4, 0.5) is 0 Å². The molecule has 0 fully saturated rings. The Bertz CT molecular complexity index is 1410. The van der Waals surface area contributed by atoms with Crippen molar-refractivity contribution < 1.29 is 9.47 Å². The van der Waals surface area contributed by atoms with Crippen molar-refractivity contribution in [2.45, 2.75) is 46.5 Å². The van der Waals surface area contributed by atoms with E-state index in [4.69, 9.17) is 9.47 Å². The van der Waals surface area contributed by atoms with E-state index >= 15 is 0 Å². The van der Waals surface area contributed by atoms with Crippen LogP contribution in [0.5, 0.6) is 0 Å². The minimum atomic E-state index is -0.0513. The topological polar surface area (TPSA) is 60.5 Å². The van der Waals surface area contributed by atoms with Crippen molar-refractivity contribution in [2.24, 2.45) is 0 Å². The summed E-state index contributed by atoms with van der Waals surface area (Å²) in [7, 11) is 3.45. The predicted octanol–water partition coefficient (Wildman–Crippen LogP) is 7.99. The van der Waals surface area contributed by atoms with Gasteiger partial charge in [0.05, 0.1) is 19.2 Å². The van der Waals surface area contributed by atoms with Crippen molar-refractivity contribution in [3.05, 3.63) is 97.8 Å². The van der Waals surface area contributed by atoms with Crippen LogP contribution in [-0.4, -0.2) is 32.4 Å². The summed E-state index contributed by atoms with van der Waals surface area (Å²) in [5.41, 5.74) is 7.50. The van der Waals surface area contributed by atoms with Crippen LogP contribution in [0.15, 0.2) is 81.3 Å². The highest BCUT2D eigenvalue weighted by Crippen LogP contribution is 2.26. The van der Waals surface area contributed by atoms with E-state index < -0.39 is 0 Å². The second-order valence-corrected chi connectivity index (χ2v) is 9.95. The molecule has 2 aromatic heterocycles. The summed E-state index contributed by atoms with van der Waals surface area (Å²) in [4.78, 5) is 18.3. The van der Waals surface area contributed by atoms with E-state index in [2.05, 4.69) is 28.3 Å². The standard InChI is InChI=1S/C31H34N2O3S.C2H6/c1-5-23-9-10-29-28(17-26(18-33-29)25-12-14-37-20-25)31(34)27(23)15-21(2)32-13-11-24-8-6-7-22(19-35-3)16-30(24)36-4;1-2/h5,9-10,12,14-18,20,32H,1,6-8,11,13,19H2,2-4H3;1-2H3/b21-15+;. The van der Waals surface area contributed by atoms with Gasteiger partial charge in [-0.1, -0.05) is 32.6 Å². The van der Waals surface area contributed by atoms with Gasteiger partial charge >= 0.3 is 0 Å². The van der Waals surface area contributed by atoms with Gasteiger partial charge in [0.15, 0.2) is 5.43 Å². The van der Waals surface area contributed by atoms with Crippen LogP contribution < -0.4 is 10.7 Å². The number of hydrogen-bond donors (Lipinski definition) is 1. The summed E-state index contributed by atoms with van der Waals surface area (Å²) in [5, 5.41) is 8.18. The third kappa shape index (κ3) is 7.78. The van der Waals surface area contributed by atoms with Gasteiger partial charge in [-0.2, -0.15) is 11.3 Å². The molecular formula is C33H40N2O3S. The molecule has 5 nitrogen and oxygen atoms in total. The molecule has 206 valence electrons. The fraction of sp³-hybridized carbons (Fsp3) is 0.333. The van der Waals surface area contributed by atoms with Crippen LogP contribution in [0, 0.1) is 0 Å². The van der Waals surface area contributed by atoms with Gasteiger partial charge < -0.3 is 14.8 Å². The molecule has 39 heavy (non-hydrogen) atoms. The number of pyridine rings is 1. The zero-order valence-corrected chi connectivity index (χ0v) is 24.6. The number of nitrogens with one attached hydrogen (secondary N) is 1. The second-order valence-electron chi connectivity index (χ2n) is 9.17. The second kappa shape index (κ2) is 15.2. The van der Waals surface area contributed by atoms with Gasteiger partial charge in [-0.05, 0) is 96.0 Å². The SMILES string of the molecule is C=Cc1ccc2ncc(-c3ccsc3)cc2c(=O)c1/C=C(\C)NCCC1=C(OC)C=C(COC)CCC1.CC. The molecule has 0 unspecified atom stereocenters. The average molecular weight is 545 g/mol. The minimum Gasteiger partial charge on any atom is -0.497 e. The Morgan fingerprint density at radius 2 is 2.00 bits per heavy atom. The number of aromatic nitrogens is 1. The van der Waals surface area contributed by atoms with Gasteiger partial charge in [0.1, 0.15) is 5.76 Å². The van der Waals surface area contributed by atoms with Crippen LogP contribution in [0.2, 0.25) is 0 Å². The van der Waals surface area contributed by atoms with Gasteiger partial charge in [-0.15, -0.1) is 0 Å². The van der Waals surface area contributed by atoms with Gasteiger partial charge in [0, 0.05) is 42.1 Å². The normalized spacial score (nSPS) is 13.8. The lowest BCUT2D eigenvalue weighted by Crippen LogP contribution is -2.15. The van der Waals surface area contributed by atoms with Gasteiger partial charge in [-0.3, -0.25) is 9.78 Å². The van der Waals surface area contributed by atoms with Crippen molar-refractivity contribution in [3.63, 3.8) is 0 Å². The first kappa shape index (κ1) is 30.1. The third-order valence-corrected chi connectivity index (χ3v) is 7.30. The molecule has 0 bridgehead atoms. The smallest absolute Gasteiger partial charge is 0.195 e. The van der Waals surface area contributed by atoms with E-state index in [-0.39, 0.29) is 5.43 Å². The number of methoxy groups -OCH3 is 2. The molecular weight excluding hydrogens is 504 g/mol. The molecule has 3 aromatic rings. The van der Waals surface area contributed by atoms with Crippen LogP contribution >= 0.6 is 11.3 Å². The van der Waals surface area contributed by atoms with E-state index in [1.54, 1.807) is 31.6 Å². The number of nitrogens with zero attached hydrogens (tertiary/aromatic N) is 1. The zero-order chi connectivity index (χ0) is 28.2. The quantitative estimate of drug-likeness (QED) is 0.280. The highest BCUT2D eigenvalue weighted by Gasteiger charge is 2.13. The molecule has 0 aliphatic heterocycles. The predicted molar refractivity (Wildman–Crippen MR) is 167 cm³/mol. The zero-order valence-electron chi connectivity index (χ0n) is 23.8. The Balaban J connectivity index is 0.00000205. The summed E-state index contributed by atoms with van der Waals surface area (Å²) in [6.45, 7) is 11.3. The molecule has 0 amide bonds. The maximum atomic E-state index is 13.7. The van der Waals surface area contributed by atoms with Crippen LogP contribution in [-0.2, 0) is 9.47 Å². The molecule has 4 rings (SSSR count). The molecule has 1 aliphatic rings. The van der Waals surface area contributed by atoms with Crippen molar-refractivity contribution in [1.29, 1.82) is 0 Å². The Hall–Kier alpha value is -3.48. The summed E-state index contributed by atoms with van der Waals surface area (Å²) < 4.78 is 11.0. The van der Waals surface area contributed by atoms with Gasteiger partial charge in [0.25, 0.3) is 0 Å². The summed E-state index contributed by atoms with van der Waals surface area (Å²) in [6.07, 6.45) is 11.6. The van der Waals surface area contributed by atoms with E-state index in [1.165, 1.54) is 11.1 Å². The lowest BCUT2D eigenvalue weighted by molar-refractivity contribution is 0.222. The van der Waals surface area contributed by atoms with Crippen LogP contribution in [0.25, 0.3) is 34.2 Å². The number of thiophene rings is 1. The fourth-order valence-electron chi connectivity index (χ4n) is 4.68. The van der Waals surface area contributed by atoms with Crippen molar-refractivity contribution >= 4 is 34.4 Å². The molecule has 1 aliphatic carbocycles. The number of ether oxygens (including phenoxy) is 2. The fourth-order valence-corrected chi connectivity index (χ4v) is 5.34. The highest BCUT2D eigenvalue weighted by atomic mass is 32.1. The summed E-state index contributed by atoms with van der Waals surface area (Å²) >= 11 is 1.63. The molecule has 2 heterocycles. The van der Waals surface area contributed by atoms with E-state index in [0.29, 0.717) is 23.1 Å². The van der Waals surface area contributed by atoms with Crippen LogP contribution in [0.1, 0.15) is 57.6 Å². The van der Waals surface area contributed by atoms with E-state index in [9.17, 15) is 4.79 Å². The molecule has 0 saturated carbocycles. The number of rotatable bonds is 10. The van der Waals surface area contributed by atoms with Crippen LogP contribution in [0.3, 0.4) is 0 Å². The van der Waals surface area contributed by atoms with Crippen molar-refractivity contribution in [3.8, 4) is 11.1 Å². The number of fused-ring (bicyclic) bond motifs is 1. The van der Waals surface area contributed by atoms with Crippen molar-refractivity contribution in [2.75, 3.05) is 27.4 Å². The average Bonchev–Trinajstić information content (AvgIpc) is 3.38. The van der Waals surface area contributed by atoms with Gasteiger partial charge in [0.2, 0.25) is 0 Å². The molecule has 0 saturated heterocycles. The Morgan fingerprint density at radius 3 is 2.69 bits per heavy atom. The van der Waals surface area contributed by atoms with Gasteiger partial charge in [-0.25, -0.2) is 0 Å². The summed E-state index contributed by atoms with van der Waals surface area (Å²) in [6, 6.07) is 7.79. The summed E-state index contributed by atoms with van der Waals surface area (Å²) in [5.74, 6) is 0.944. The Morgan fingerprint density at radius 1 is 1.18 bits per heavy atom. The first-order valence-electron chi connectivity index (χ1n) is 13.5. The molecule has 0 radical (unpaired) electrons. The molecule has 0 atom stereocenters. The first-order chi connectivity index (χ1) is 19.0. The molecule has 6 heteroatoms.